The SMILES string of the molecule is Cc1ccc(C(=O)N2CC3CCC(N)C3C2)cc1Cl. The standard InChI is InChI=1S/C15H19ClN2O/c1-9-2-3-10(6-13(9)16)15(19)18-7-11-4-5-14(17)12(11)8-18/h2-3,6,11-12,14H,4-5,7-8,17H2,1H3. The van der Waals surface area contributed by atoms with Crippen LogP contribution < -0.4 is 5.73 Å². The molecule has 1 saturated heterocycles. The van der Waals surface area contributed by atoms with Crippen molar-refractivity contribution in [2.24, 2.45) is 17.6 Å². The summed E-state index contributed by atoms with van der Waals surface area (Å²) in [5.41, 5.74) is 7.79. The van der Waals surface area contributed by atoms with Crippen LogP contribution in [0.5, 0.6) is 0 Å². The lowest BCUT2D eigenvalue weighted by Crippen LogP contribution is -2.33. The first-order valence-electron chi connectivity index (χ1n) is 6.87. The summed E-state index contributed by atoms with van der Waals surface area (Å²) in [6, 6.07) is 5.80. The zero-order chi connectivity index (χ0) is 13.6. The van der Waals surface area contributed by atoms with Crippen LogP contribution in [-0.2, 0) is 0 Å². The van der Waals surface area contributed by atoms with E-state index >= 15 is 0 Å². The molecule has 1 aliphatic heterocycles. The second-order valence-corrected chi connectivity index (χ2v) is 6.25. The van der Waals surface area contributed by atoms with Crippen molar-refractivity contribution in [3.63, 3.8) is 0 Å². The van der Waals surface area contributed by atoms with Crippen LogP contribution >= 0.6 is 11.6 Å². The van der Waals surface area contributed by atoms with E-state index in [1.807, 2.05) is 24.0 Å². The van der Waals surface area contributed by atoms with Crippen LogP contribution in [0, 0.1) is 18.8 Å². The Balaban J connectivity index is 1.76. The number of hydrogen-bond acceptors (Lipinski definition) is 2. The third-order valence-electron chi connectivity index (χ3n) is 4.62. The number of benzene rings is 1. The highest BCUT2D eigenvalue weighted by molar-refractivity contribution is 6.31. The molecule has 0 radical (unpaired) electrons. The van der Waals surface area contributed by atoms with E-state index in [2.05, 4.69) is 0 Å². The van der Waals surface area contributed by atoms with Crippen molar-refractivity contribution in [2.45, 2.75) is 25.8 Å². The molecule has 3 atom stereocenters. The molecule has 4 heteroatoms. The van der Waals surface area contributed by atoms with Crippen LogP contribution in [0.4, 0.5) is 0 Å². The fraction of sp³-hybridized carbons (Fsp3) is 0.533. The van der Waals surface area contributed by atoms with Gasteiger partial charge in [-0.05, 0) is 49.3 Å². The van der Waals surface area contributed by atoms with Crippen molar-refractivity contribution >= 4 is 17.5 Å². The number of rotatable bonds is 1. The van der Waals surface area contributed by atoms with Crippen LogP contribution in [0.25, 0.3) is 0 Å². The third-order valence-corrected chi connectivity index (χ3v) is 5.03. The summed E-state index contributed by atoms with van der Waals surface area (Å²) in [5.74, 6) is 1.17. The van der Waals surface area contributed by atoms with E-state index in [9.17, 15) is 4.79 Å². The van der Waals surface area contributed by atoms with Crippen molar-refractivity contribution in [3.8, 4) is 0 Å². The van der Waals surface area contributed by atoms with E-state index < -0.39 is 0 Å². The van der Waals surface area contributed by atoms with Crippen LogP contribution in [0.1, 0.15) is 28.8 Å². The smallest absolute Gasteiger partial charge is 0.253 e. The first kappa shape index (κ1) is 12.9. The summed E-state index contributed by atoms with van der Waals surface area (Å²) < 4.78 is 0. The molecule has 1 aliphatic carbocycles. The zero-order valence-corrected chi connectivity index (χ0v) is 11.9. The number of fused-ring (bicyclic) bond motifs is 1. The van der Waals surface area contributed by atoms with E-state index in [0.29, 0.717) is 22.4 Å². The van der Waals surface area contributed by atoms with E-state index in [1.165, 1.54) is 0 Å². The van der Waals surface area contributed by atoms with Gasteiger partial charge in [0, 0.05) is 29.7 Å². The Kier molecular flexibility index (Phi) is 3.27. The topological polar surface area (TPSA) is 46.3 Å². The van der Waals surface area contributed by atoms with E-state index in [1.54, 1.807) is 6.07 Å². The van der Waals surface area contributed by atoms with Crippen LogP contribution in [0.2, 0.25) is 5.02 Å². The molecule has 2 fully saturated rings. The van der Waals surface area contributed by atoms with Gasteiger partial charge in [-0.2, -0.15) is 0 Å². The van der Waals surface area contributed by atoms with Gasteiger partial charge in [0.15, 0.2) is 0 Å². The summed E-state index contributed by atoms with van der Waals surface area (Å²) in [6.45, 7) is 3.59. The van der Waals surface area contributed by atoms with Crippen molar-refractivity contribution in [1.29, 1.82) is 0 Å². The van der Waals surface area contributed by atoms with Crippen molar-refractivity contribution in [1.82, 2.24) is 4.90 Å². The second-order valence-electron chi connectivity index (χ2n) is 5.84. The summed E-state index contributed by atoms with van der Waals surface area (Å²) in [7, 11) is 0. The zero-order valence-electron chi connectivity index (χ0n) is 11.1. The molecule has 3 nitrogen and oxygen atoms in total. The molecule has 1 aromatic rings. The normalized spacial score (nSPS) is 29.6. The Bertz CT molecular complexity index is 517. The van der Waals surface area contributed by atoms with Crippen molar-refractivity contribution < 1.29 is 4.79 Å². The predicted octanol–water partition coefficient (Wildman–Crippen LogP) is 2.46. The molecule has 1 aromatic carbocycles. The maximum Gasteiger partial charge on any atom is 0.253 e. The van der Waals surface area contributed by atoms with Gasteiger partial charge in [-0.1, -0.05) is 17.7 Å². The highest BCUT2D eigenvalue weighted by Gasteiger charge is 2.42. The quantitative estimate of drug-likeness (QED) is 0.858. The largest absolute Gasteiger partial charge is 0.338 e. The molecule has 1 saturated carbocycles. The van der Waals surface area contributed by atoms with Crippen LogP contribution in [0.15, 0.2) is 18.2 Å². The minimum absolute atomic E-state index is 0.0866. The minimum Gasteiger partial charge on any atom is -0.338 e. The number of carbonyl (C=O) groups is 1. The highest BCUT2D eigenvalue weighted by atomic mass is 35.5. The van der Waals surface area contributed by atoms with Crippen molar-refractivity contribution in [2.75, 3.05) is 13.1 Å². The van der Waals surface area contributed by atoms with E-state index in [4.69, 9.17) is 17.3 Å². The number of aryl methyl sites for hydroxylation is 1. The Hall–Kier alpha value is -1.06. The summed E-state index contributed by atoms with van der Waals surface area (Å²) >= 11 is 6.09. The molecule has 0 aromatic heterocycles. The van der Waals surface area contributed by atoms with Gasteiger partial charge in [0.2, 0.25) is 0 Å². The van der Waals surface area contributed by atoms with Crippen LogP contribution in [0.3, 0.4) is 0 Å². The minimum atomic E-state index is 0.0866. The number of likely N-dealkylation sites (tertiary alicyclic amines) is 1. The van der Waals surface area contributed by atoms with E-state index in [-0.39, 0.29) is 11.9 Å². The number of amides is 1. The van der Waals surface area contributed by atoms with Gasteiger partial charge in [-0.15, -0.1) is 0 Å². The molecule has 2 aliphatic rings. The molecule has 1 heterocycles. The molecule has 1 amide bonds. The summed E-state index contributed by atoms with van der Waals surface area (Å²) in [5, 5.41) is 0.655. The van der Waals surface area contributed by atoms with Gasteiger partial charge in [0.25, 0.3) is 5.91 Å². The molecule has 2 N–H and O–H groups in total. The predicted molar refractivity (Wildman–Crippen MR) is 76.3 cm³/mol. The molecule has 102 valence electrons. The second kappa shape index (κ2) is 4.80. The number of carbonyl (C=O) groups excluding carboxylic acids is 1. The Labute approximate surface area is 118 Å². The lowest BCUT2D eigenvalue weighted by molar-refractivity contribution is 0.0779. The number of nitrogens with zero attached hydrogens (tertiary/aromatic N) is 1. The Morgan fingerprint density at radius 1 is 1.37 bits per heavy atom. The average molecular weight is 279 g/mol. The van der Waals surface area contributed by atoms with Gasteiger partial charge in [0.1, 0.15) is 0 Å². The monoisotopic (exact) mass is 278 g/mol. The molecular weight excluding hydrogens is 260 g/mol. The number of hydrogen-bond donors (Lipinski definition) is 1. The Morgan fingerprint density at radius 2 is 2.16 bits per heavy atom. The van der Waals surface area contributed by atoms with Gasteiger partial charge in [-0.3, -0.25) is 4.79 Å². The molecule has 0 bridgehead atoms. The number of halogens is 1. The van der Waals surface area contributed by atoms with E-state index in [0.717, 1.165) is 31.5 Å². The van der Waals surface area contributed by atoms with Crippen molar-refractivity contribution in [3.05, 3.63) is 34.3 Å². The molecule has 0 spiro atoms. The summed E-state index contributed by atoms with van der Waals surface area (Å²) in [6.07, 6.45) is 2.26. The maximum atomic E-state index is 12.5. The summed E-state index contributed by atoms with van der Waals surface area (Å²) in [4.78, 5) is 14.4. The highest BCUT2D eigenvalue weighted by Crippen LogP contribution is 2.37. The number of nitrogens with two attached hydrogens (primary N) is 1. The lowest BCUT2D eigenvalue weighted by Gasteiger charge is -2.19. The molecular formula is C15H19ClN2O. The fourth-order valence-electron chi connectivity index (χ4n) is 3.38. The lowest BCUT2D eigenvalue weighted by atomic mass is 9.98. The van der Waals surface area contributed by atoms with Gasteiger partial charge in [0.05, 0.1) is 0 Å². The van der Waals surface area contributed by atoms with Gasteiger partial charge in [-0.25, -0.2) is 0 Å². The molecule has 3 unspecified atom stereocenters. The van der Waals surface area contributed by atoms with Gasteiger partial charge >= 0.3 is 0 Å². The maximum absolute atomic E-state index is 12.5. The molecule has 3 rings (SSSR count). The third kappa shape index (κ3) is 2.26. The first-order valence-corrected chi connectivity index (χ1v) is 7.25. The molecule has 19 heavy (non-hydrogen) atoms. The fourth-order valence-corrected chi connectivity index (χ4v) is 3.56. The van der Waals surface area contributed by atoms with Crippen LogP contribution in [-0.4, -0.2) is 29.9 Å². The average Bonchev–Trinajstić information content (AvgIpc) is 2.95. The first-order chi connectivity index (χ1) is 9.06. The van der Waals surface area contributed by atoms with Gasteiger partial charge < -0.3 is 10.6 Å². The Morgan fingerprint density at radius 3 is 2.84 bits per heavy atom.